The quantitative estimate of drug-likeness (QED) is 0.850. The number of hydrogen-bond acceptors (Lipinski definition) is 3. The van der Waals surface area contributed by atoms with Crippen molar-refractivity contribution in [1.29, 1.82) is 0 Å². The maximum Gasteiger partial charge on any atom is 0.232 e. The van der Waals surface area contributed by atoms with Crippen molar-refractivity contribution in [2.45, 2.75) is 25.2 Å². The summed E-state index contributed by atoms with van der Waals surface area (Å²) in [6, 6.07) is 10.9. The van der Waals surface area contributed by atoms with Crippen LogP contribution < -0.4 is 0 Å². The predicted octanol–water partition coefficient (Wildman–Crippen LogP) is 3.08. The standard InChI is InChI=1S/C19H28N2OS/c1-20-13-17(16-6-4-3-5-7-16)12-19(15-20)8-10-21(11-9-19)18(22)14-23-2/h3-7,17H,8-15H2,1-2H3/t17-/m0/s1. The number of carbonyl (C=O) groups is 1. The van der Waals surface area contributed by atoms with E-state index in [1.54, 1.807) is 11.8 Å². The van der Waals surface area contributed by atoms with Crippen molar-refractivity contribution in [2.24, 2.45) is 5.41 Å². The zero-order valence-corrected chi connectivity index (χ0v) is 15.1. The first-order chi connectivity index (χ1) is 11.1. The van der Waals surface area contributed by atoms with Gasteiger partial charge in [-0.1, -0.05) is 30.3 Å². The summed E-state index contributed by atoms with van der Waals surface area (Å²) in [4.78, 5) is 16.7. The number of amides is 1. The first-order valence-corrected chi connectivity index (χ1v) is 10.0. The summed E-state index contributed by atoms with van der Waals surface area (Å²) in [5.74, 6) is 1.57. The van der Waals surface area contributed by atoms with Gasteiger partial charge in [-0.05, 0) is 49.5 Å². The molecule has 0 aromatic heterocycles. The molecule has 1 atom stereocenters. The lowest BCUT2D eigenvalue weighted by Gasteiger charge is -2.49. The van der Waals surface area contributed by atoms with Crippen molar-refractivity contribution in [3.63, 3.8) is 0 Å². The van der Waals surface area contributed by atoms with Gasteiger partial charge in [0.05, 0.1) is 5.75 Å². The molecule has 0 N–H and O–H groups in total. The zero-order chi connectivity index (χ0) is 16.3. The van der Waals surface area contributed by atoms with E-state index in [4.69, 9.17) is 0 Å². The molecule has 2 aliphatic rings. The predicted molar refractivity (Wildman–Crippen MR) is 97.9 cm³/mol. The molecular formula is C19H28N2OS. The van der Waals surface area contributed by atoms with Gasteiger partial charge in [-0.25, -0.2) is 0 Å². The molecule has 0 unspecified atom stereocenters. The molecular weight excluding hydrogens is 304 g/mol. The number of piperidine rings is 2. The molecule has 1 amide bonds. The normalized spacial score (nSPS) is 24.8. The van der Waals surface area contributed by atoms with Gasteiger partial charge in [0, 0.05) is 26.2 Å². The molecule has 1 aromatic rings. The highest BCUT2D eigenvalue weighted by atomic mass is 32.2. The number of rotatable bonds is 3. The van der Waals surface area contributed by atoms with E-state index in [-0.39, 0.29) is 0 Å². The molecule has 2 fully saturated rings. The molecule has 2 saturated heterocycles. The van der Waals surface area contributed by atoms with Crippen LogP contribution in [0.3, 0.4) is 0 Å². The van der Waals surface area contributed by atoms with Gasteiger partial charge in [-0.3, -0.25) is 4.79 Å². The summed E-state index contributed by atoms with van der Waals surface area (Å²) in [7, 11) is 2.25. The van der Waals surface area contributed by atoms with E-state index in [1.807, 2.05) is 6.26 Å². The fourth-order valence-corrected chi connectivity index (χ4v) is 4.85. The van der Waals surface area contributed by atoms with Gasteiger partial charge in [0.25, 0.3) is 0 Å². The van der Waals surface area contributed by atoms with Gasteiger partial charge in [0.1, 0.15) is 0 Å². The van der Waals surface area contributed by atoms with Crippen LogP contribution in [0.1, 0.15) is 30.7 Å². The van der Waals surface area contributed by atoms with Crippen LogP contribution in [0.4, 0.5) is 0 Å². The Bertz CT molecular complexity index is 525. The number of likely N-dealkylation sites (tertiary alicyclic amines) is 2. The molecule has 3 nitrogen and oxygen atoms in total. The lowest BCUT2D eigenvalue weighted by molar-refractivity contribution is -0.131. The number of thioether (sulfide) groups is 1. The summed E-state index contributed by atoms with van der Waals surface area (Å²) >= 11 is 1.63. The highest BCUT2D eigenvalue weighted by Crippen LogP contribution is 2.44. The summed E-state index contributed by atoms with van der Waals surface area (Å²) in [6.07, 6.45) is 5.58. The average molecular weight is 333 g/mol. The number of hydrogen-bond donors (Lipinski definition) is 0. The second kappa shape index (κ2) is 7.27. The minimum absolute atomic E-state index is 0.316. The van der Waals surface area contributed by atoms with Crippen LogP contribution in [0.2, 0.25) is 0 Å². The monoisotopic (exact) mass is 332 g/mol. The largest absolute Gasteiger partial charge is 0.342 e. The first-order valence-electron chi connectivity index (χ1n) is 8.62. The van der Waals surface area contributed by atoms with Gasteiger partial charge >= 0.3 is 0 Å². The summed E-state index contributed by atoms with van der Waals surface area (Å²) in [5, 5.41) is 0. The van der Waals surface area contributed by atoms with Crippen molar-refractivity contribution in [1.82, 2.24) is 9.80 Å². The molecule has 2 heterocycles. The van der Waals surface area contributed by atoms with Crippen LogP contribution in [0.15, 0.2) is 30.3 Å². The third kappa shape index (κ3) is 3.92. The van der Waals surface area contributed by atoms with E-state index in [0.29, 0.717) is 23.0 Å². The first kappa shape index (κ1) is 16.8. The number of nitrogens with zero attached hydrogens (tertiary/aromatic N) is 2. The summed E-state index contributed by atoms with van der Waals surface area (Å²) in [5.41, 5.74) is 1.86. The minimum Gasteiger partial charge on any atom is -0.342 e. The van der Waals surface area contributed by atoms with E-state index >= 15 is 0 Å². The fraction of sp³-hybridized carbons (Fsp3) is 0.632. The maximum absolute atomic E-state index is 12.1. The highest BCUT2D eigenvalue weighted by Gasteiger charge is 2.41. The Morgan fingerprint density at radius 1 is 1.26 bits per heavy atom. The third-order valence-electron chi connectivity index (χ3n) is 5.53. The smallest absolute Gasteiger partial charge is 0.232 e. The van der Waals surface area contributed by atoms with E-state index < -0.39 is 0 Å². The van der Waals surface area contributed by atoms with Crippen molar-refractivity contribution >= 4 is 17.7 Å². The average Bonchev–Trinajstić information content (AvgIpc) is 2.56. The number of benzene rings is 1. The van der Waals surface area contributed by atoms with Gasteiger partial charge in [0.15, 0.2) is 0 Å². The lowest BCUT2D eigenvalue weighted by atomic mass is 9.68. The fourth-order valence-electron chi connectivity index (χ4n) is 4.42. The SMILES string of the molecule is CSCC(=O)N1CCC2(CC1)C[C@H](c1ccccc1)CN(C)C2. The summed E-state index contributed by atoms with van der Waals surface area (Å²) in [6.45, 7) is 4.21. The Hall–Kier alpha value is -1.00. The molecule has 0 radical (unpaired) electrons. The molecule has 1 spiro atoms. The Morgan fingerprint density at radius 3 is 2.61 bits per heavy atom. The van der Waals surface area contributed by atoms with E-state index in [2.05, 4.69) is 47.2 Å². The molecule has 1 aromatic carbocycles. The van der Waals surface area contributed by atoms with Crippen molar-refractivity contribution < 1.29 is 4.79 Å². The van der Waals surface area contributed by atoms with Crippen LogP contribution in [0.25, 0.3) is 0 Å². The molecule has 4 heteroatoms. The molecule has 3 rings (SSSR count). The molecule has 126 valence electrons. The number of carbonyl (C=O) groups excluding carboxylic acids is 1. The molecule has 0 aliphatic carbocycles. The topological polar surface area (TPSA) is 23.6 Å². The summed E-state index contributed by atoms with van der Waals surface area (Å²) < 4.78 is 0. The highest BCUT2D eigenvalue weighted by molar-refractivity contribution is 7.99. The third-order valence-corrected chi connectivity index (χ3v) is 6.07. The van der Waals surface area contributed by atoms with E-state index in [0.717, 1.165) is 32.5 Å². The van der Waals surface area contributed by atoms with Crippen molar-refractivity contribution in [2.75, 3.05) is 45.2 Å². The Labute approximate surface area is 144 Å². The lowest BCUT2D eigenvalue weighted by Crippen LogP contribution is -2.51. The zero-order valence-electron chi connectivity index (χ0n) is 14.3. The minimum atomic E-state index is 0.316. The number of likely N-dealkylation sites (N-methyl/N-ethyl adjacent to an activating group) is 1. The van der Waals surface area contributed by atoms with Gasteiger partial charge < -0.3 is 9.80 Å². The molecule has 2 aliphatic heterocycles. The van der Waals surface area contributed by atoms with Crippen molar-refractivity contribution in [3.05, 3.63) is 35.9 Å². The Kier molecular flexibility index (Phi) is 5.32. The van der Waals surface area contributed by atoms with Crippen LogP contribution in [-0.2, 0) is 4.79 Å². The molecule has 0 bridgehead atoms. The van der Waals surface area contributed by atoms with Crippen molar-refractivity contribution in [3.8, 4) is 0 Å². The van der Waals surface area contributed by atoms with Crippen LogP contribution >= 0.6 is 11.8 Å². The van der Waals surface area contributed by atoms with Crippen LogP contribution in [-0.4, -0.2) is 60.9 Å². The van der Waals surface area contributed by atoms with Gasteiger partial charge in [-0.15, -0.1) is 0 Å². The molecule has 23 heavy (non-hydrogen) atoms. The van der Waals surface area contributed by atoms with E-state index in [9.17, 15) is 4.79 Å². The Morgan fingerprint density at radius 2 is 1.96 bits per heavy atom. The maximum atomic E-state index is 12.1. The van der Waals surface area contributed by atoms with Crippen LogP contribution in [0, 0.1) is 5.41 Å². The van der Waals surface area contributed by atoms with Gasteiger partial charge in [0.2, 0.25) is 5.91 Å². The second-order valence-corrected chi connectivity index (χ2v) is 8.19. The second-order valence-electron chi connectivity index (χ2n) is 7.32. The van der Waals surface area contributed by atoms with Crippen LogP contribution in [0.5, 0.6) is 0 Å². The van der Waals surface area contributed by atoms with E-state index in [1.165, 1.54) is 18.5 Å². The Balaban J connectivity index is 1.67. The molecule has 0 saturated carbocycles. The van der Waals surface area contributed by atoms with Gasteiger partial charge in [-0.2, -0.15) is 11.8 Å².